The van der Waals surface area contributed by atoms with Gasteiger partial charge in [-0.15, -0.1) is 0 Å². The summed E-state index contributed by atoms with van der Waals surface area (Å²) >= 11 is 0. The van der Waals surface area contributed by atoms with E-state index in [1.807, 2.05) is 0 Å². The smallest absolute Gasteiger partial charge is 0.238 e. The Morgan fingerprint density at radius 2 is 0.729 bits per heavy atom. The Hall–Kier alpha value is -2.24. The lowest BCUT2D eigenvalue weighted by molar-refractivity contribution is -0.150. The van der Waals surface area contributed by atoms with Crippen molar-refractivity contribution in [2.24, 2.45) is 16.9 Å². The Labute approximate surface area is 296 Å². The molecule has 0 heterocycles. The maximum absolute atomic E-state index is 13.5. The zero-order valence-electron chi connectivity index (χ0n) is 31.5. The van der Waals surface area contributed by atoms with Gasteiger partial charge in [-0.25, -0.2) is 0 Å². The van der Waals surface area contributed by atoms with Crippen molar-refractivity contribution in [1.82, 2.24) is 0 Å². The van der Waals surface area contributed by atoms with Gasteiger partial charge in [-0.05, 0) is 77.0 Å². The monoisotopic (exact) mass is 673 g/mol. The first-order valence-electron chi connectivity index (χ1n) is 20.3. The second-order valence-electron chi connectivity index (χ2n) is 14.1. The number of Topliss-reactive ketones (excluding diaryl/α,β-unsaturated/α-hetero) is 2. The van der Waals surface area contributed by atoms with Crippen molar-refractivity contribution in [3.8, 4) is 0 Å². The number of ketones is 2. The molecule has 278 valence electrons. The van der Waals surface area contributed by atoms with E-state index in [0.717, 1.165) is 64.2 Å². The molecule has 0 spiro atoms. The summed E-state index contributed by atoms with van der Waals surface area (Å²) in [5.41, 5.74) is 9.27. The lowest BCUT2D eigenvalue weighted by atomic mass is 9.71. The van der Waals surface area contributed by atoms with Crippen molar-refractivity contribution in [2.45, 2.75) is 213 Å². The van der Waals surface area contributed by atoms with Crippen LogP contribution in [0.2, 0.25) is 0 Å². The fourth-order valence-electron chi connectivity index (χ4n) is 6.50. The molecule has 0 atom stereocenters. The normalized spacial score (nSPS) is 12.0. The highest BCUT2D eigenvalue weighted by atomic mass is 16.2. The zero-order valence-corrected chi connectivity index (χ0v) is 31.5. The van der Waals surface area contributed by atoms with E-state index < -0.39 is 17.2 Å². The number of carbonyl (C=O) groups is 4. The summed E-state index contributed by atoms with van der Waals surface area (Å²) in [5.74, 6) is -2.14. The molecule has 0 aromatic carbocycles. The summed E-state index contributed by atoms with van der Waals surface area (Å²) in [6.07, 6.45) is 39.7. The van der Waals surface area contributed by atoms with Crippen LogP contribution in [0.3, 0.4) is 0 Å². The van der Waals surface area contributed by atoms with Crippen molar-refractivity contribution in [1.29, 1.82) is 0 Å². The molecular formula is C42H76N2O4. The number of allylic oxidation sites excluding steroid dienone is 4. The number of primary amides is 2. The van der Waals surface area contributed by atoms with Gasteiger partial charge in [-0.3, -0.25) is 19.2 Å². The molecule has 6 nitrogen and oxygen atoms in total. The molecular weight excluding hydrogens is 596 g/mol. The molecule has 0 saturated carbocycles. The fraction of sp³-hybridized carbons (Fsp3) is 0.810. The zero-order chi connectivity index (χ0) is 35.6. The van der Waals surface area contributed by atoms with Crippen molar-refractivity contribution >= 4 is 23.4 Å². The SMILES string of the molecule is CCCCCCCC/C=C\CCCCCCCC(=O)C(CCCC(N)=O)(C(N)=O)C(=O)CCCCCCC/C=C\CCCCCCCC. The molecule has 0 unspecified atom stereocenters. The summed E-state index contributed by atoms with van der Waals surface area (Å²) in [6, 6.07) is 0. The standard InChI is InChI=1S/C42H76N2O4/c1-3-5-7-9-11-13-15-17-19-21-23-25-27-29-31-34-38(45)42(41(44)48,37-33-36-40(43)47)39(46)35-32-30-28-26-24-22-20-18-16-14-12-10-8-6-4-2/h17-20H,3-16,21-37H2,1-2H3,(H2,43,47)(H2,44,48)/b19-17-,20-18-. The minimum Gasteiger partial charge on any atom is -0.370 e. The van der Waals surface area contributed by atoms with Crippen LogP contribution >= 0.6 is 0 Å². The molecule has 0 saturated heterocycles. The van der Waals surface area contributed by atoms with Gasteiger partial charge >= 0.3 is 0 Å². The van der Waals surface area contributed by atoms with Crippen LogP contribution in [0.5, 0.6) is 0 Å². The third-order valence-electron chi connectivity index (χ3n) is 9.68. The summed E-state index contributed by atoms with van der Waals surface area (Å²) < 4.78 is 0. The first kappa shape index (κ1) is 45.8. The van der Waals surface area contributed by atoms with Gasteiger partial charge < -0.3 is 11.5 Å². The minimum absolute atomic E-state index is 0.0242. The largest absolute Gasteiger partial charge is 0.370 e. The number of hydrogen-bond donors (Lipinski definition) is 2. The highest BCUT2D eigenvalue weighted by Gasteiger charge is 2.49. The van der Waals surface area contributed by atoms with E-state index in [4.69, 9.17) is 11.5 Å². The second kappa shape index (κ2) is 33.3. The molecule has 0 radical (unpaired) electrons. The molecule has 0 aromatic heterocycles. The van der Waals surface area contributed by atoms with Gasteiger partial charge in [-0.1, -0.05) is 141 Å². The highest BCUT2D eigenvalue weighted by molar-refractivity contribution is 6.23. The van der Waals surface area contributed by atoms with Crippen LogP contribution in [-0.4, -0.2) is 23.4 Å². The molecule has 0 aromatic rings. The number of rotatable bonds is 37. The van der Waals surface area contributed by atoms with Crippen LogP contribution in [-0.2, 0) is 19.2 Å². The third kappa shape index (κ3) is 24.8. The van der Waals surface area contributed by atoms with E-state index in [1.54, 1.807) is 0 Å². The lowest BCUT2D eigenvalue weighted by Crippen LogP contribution is -2.50. The number of amides is 2. The summed E-state index contributed by atoms with van der Waals surface area (Å²) in [4.78, 5) is 51.1. The summed E-state index contributed by atoms with van der Waals surface area (Å²) in [5, 5.41) is 0. The van der Waals surface area contributed by atoms with Crippen LogP contribution in [0, 0.1) is 5.41 Å². The molecule has 0 bridgehead atoms. The van der Waals surface area contributed by atoms with Crippen LogP contribution in [0.25, 0.3) is 0 Å². The average molecular weight is 673 g/mol. The maximum Gasteiger partial charge on any atom is 0.238 e. The molecule has 6 heteroatoms. The quantitative estimate of drug-likeness (QED) is 0.0387. The highest BCUT2D eigenvalue weighted by Crippen LogP contribution is 2.32. The number of nitrogens with two attached hydrogens (primary N) is 2. The minimum atomic E-state index is -1.84. The summed E-state index contributed by atoms with van der Waals surface area (Å²) in [7, 11) is 0. The van der Waals surface area contributed by atoms with Crippen LogP contribution < -0.4 is 11.5 Å². The Morgan fingerprint density at radius 3 is 1.04 bits per heavy atom. The van der Waals surface area contributed by atoms with Crippen LogP contribution in [0.15, 0.2) is 24.3 Å². The summed E-state index contributed by atoms with van der Waals surface area (Å²) in [6.45, 7) is 4.50. The molecule has 4 N–H and O–H groups in total. The van der Waals surface area contributed by atoms with Gasteiger partial charge in [0.15, 0.2) is 17.0 Å². The van der Waals surface area contributed by atoms with E-state index in [-0.39, 0.29) is 43.7 Å². The number of hydrogen-bond acceptors (Lipinski definition) is 4. The van der Waals surface area contributed by atoms with Crippen LogP contribution in [0.1, 0.15) is 213 Å². The predicted molar refractivity (Wildman–Crippen MR) is 204 cm³/mol. The third-order valence-corrected chi connectivity index (χ3v) is 9.68. The molecule has 0 aliphatic rings. The fourth-order valence-corrected chi connectivity index (χ4v) is 6.50. The van der Waals surface area contributed by atoms with E-state index >= 15 is 0 Å². The molecule has 0 fully saturated rings. The van der Waals surface area contributed by atoms with Gasteiger partial charge in [0.2, 0.25) is 11.8 Å². The lowest BCUT2D eigenvalue weighted by Gasteiger charge is -2.28. The Kier molecular flexibility index (Phi) is 31.7. The first-order chi connectivity index (χ1) is 23.3. The van der Waals surface area contributed by atoms with Crippen LogP contribution in [0.4, 0.5) is 0 Å². The van der Waals surface area contributed by atoms with Crippen molar-refractivity contribution < 1.29 is 19.2 Å². The predicted octanol–water partition coefficient (Wildman–Crippen LogP) is 11.3. The Balaban J connectivity index is 4.45. The Bertz CT molecular complexity index is 827. The molecule has 0 aliphatic carbocycles. The van der Waals surface area contributed by atoms with Gasteiger partial charge in [0.25, 0.3) is 0 Å². The second-order valence-corrected chi connectivity index (χ2v) is 14.1. The molecule has 0 aliphatic heterocycles. The van der Waals surface area contributed by atoms with Crippen molar-refractivity contribution in [2.75, 3.05) is 0 Å². The van der Waals surface area contributed by atoms with Crippen molar-refractivity contribution in [3.05, 3.63) is 24.3 Å². The topological polar surface area (TPSA) is 120 Å². The van der Waals surface area contributed by atoms with Gasteiger partial charge in [0, 0.05) is 19.3 Å². The van der Waals surface area contributed by atoms with E-state index in [1.165, 1.54) is 89.9 Å². The molecule has 48 heavy (non-hydrogen) atoms. The van der Waals surface area contributed by atoms with Gasteiger partial charge in [-0.2, -0.15) is 0 Å². The van der Waals surface area contributed by atoms with Gasteiger partial charge in [0.05, 0.1) is 0 Å². The van der Waals surface area contributed by atoms with E-state index in [9.17, 15) is 19.2 Å². The number of carbonyl (C=O) groups excluding carboxylic acids is 4. The number of unbranched alkanes of at least 4 members (excludes halogenated alkanes) is 22. The van der Waals surface area contributed by atoms with E-state index in [2.05, 4.69) is 38.2 Å². The Morgan fingerprint density at radius 1 is 0.417 bits per heavy atom. The van der Waals surface area contributed by atoms with Crippen molar-refractivity contribution in [3.63, 3.8) is 0 Å². The molecule has 2 amide bonds. The maximum atomic E-state index is 13.5. The average Bonchev–Trinajstić information content (AvgIpc) is 3.06. The van der Waals surface area contributed by atoms with Gasteiger partial charge in [0.1, 0.15) is 0 Å². The van der Waals surface area contributed by atoms with E-state index in [0.29, 0.717) is 12.8 Å². The first-order valence-corrected chi connectivity index (χ1v) is 20.3. The molecule has 0 rings (SSSR count).